The molecule has 0 fully saturated rings. The predicted molar refractivity (Wildman–Crippen MR) is 153 cm³/mol. The Labute approximate surface area is 222 Å². The number of hydrogen-bond acceptors (Lipinski definition) is 5. The number of amides is 2. The summed E-state index contributed by atoms with van der Waals surface area (Å²) in [5.41, 5.74) is 3.93. The SMILES string of the molecule is CCCCCCc1cc(C)sc1-c1sc(-c2sc(C)cc2CCCCCC)c2c1C(=O)N(C)C2=O. The lowest BCUT2D eigenvalue weighted by atomic mass is 10.0. The van der Waals surface area contributed by atoms with Crippen LogP contribution in [0.3, 0.4) is 0 Å². The minimum Gasteiger partial charge on any atom is -0.277 e. The van der Waals surface area contributed by atoms with Gasteiger partial charge in [0.15, 0.2) is 0 Å². The molecule has 0 saturated heterocycles. The van der Waals surface area contributed by atoms with E-state index in [-0.39, 0.29) is 11.8 Å². The molecule has 0 unspecified atom stereocenters. The summed E-state index contributed by atoms with van der Waals surface area (Å²) in [6, 6.07) is 4.58. The first kappa shape index (κ1) is 26.3. The Balaban J connectivity index is 1.78. The Kier molecular flexibility index (Phi) is 8.67. The summed E-state index contributed by atoms with van der Waals surface area (Å²) in [4.78, 5) is 34.9. The quantitative estimate of drug-likeness (QED) is 0.174. The smallest absolute Gasteiger partial charge is 0.262 e. The van der Waals surface area contributed by atoms with Crippen LogP contribution in [0.4, 0.5) is 0 Å². The monoisotopic (exact) mass is 527 g/mol. The first-order valence-electron chi connectivity index (χ1n) is 13.1. The van der Waals surface area contributed by atoms with E-state index < -0.39 is 0 Å². The normalized spacial score (nSPS) is 13.3. The van der Waals surface area contributed by atoms with Crippen molar-refractivity contribution in [2.24, 2.45) is 0 Å². The topological polar surface area (TPSA) is 37.4 Å². The average molecular weight is 528 g/mol. The maximum atomic E-state index is 13.3. The molecule has 35 heavy (non-hydrogen) atoms. The summed E-state index contributed by atoms with van der Waals surface area (Å²) >= 11 is 5.21. The molecule has 0 spiro atoms. The van der Waals surface area contributed by atoms with Crippen LogP contribution in [0, 0.1) is 13.8 Å². The van der Waals surface area contributed by atoms with Crippen molar-refractivity contribution in [1.29, 1.82) is 0 Å². The molecule has 4 rings (SSSR count). The highest BCUT2D eigenvalue weighted by Crippen LogP contribution is 2.51. The number of hydrogen-bond donors (Lipinski definition) is 0. The Morgan fingerprint density at radius 3 is 1.46 bits per heavy atom. The van der Waals surface area contributed by atoms with Crippen molar-refractivity contribution in [2.45, 2.75) is 91.9 Å². The maximum Gasteiger partial charge on any atom is 0.262 e. The van der Waals surface area contributed by atoms with Gasteiger partial charge < -0.3 is 0 Å². The largest absolute Gasteiger partial charge is 0.277 e. The molecular weight excluding hydrogens is 491 g/mol. The van der Waals surface area contributed by atoms with Gasteiger partial charge in [-0.25, -0.2) is 0 Å². The molecule has 3 nitrogen and oxygen atoms in total. The zero-order valence-corrected chi connectivity index (χ0v) is 24.2. The van der Waals surface area contributed by atoms with Gasteiger partial charge in [0.25, 0.3) is 11.8 Å². The molecule has 0 aliphatic carbocycles. The number of unbranched alkanes of at least 4 members (excludes halogenated alkanes) is 6. The molecule has 3 aromatic heterocycles. The van der Waals surface area contributed by atoms with Gasteiger partial charge in [-0.2, -0.15) is 0 Å². The Hall–Kier alpha value is -1.76. The van der Waals surface area contributed by atoms with Crippen molar-refractivity contribution >= 4 is 45.8 Å². The lowest BCUT2D eigenvalue weighted by molar-refractivity contribution is 0.0693. The molecule has 3 aromatic rings. The molecule has 6 heteroatoms. The van der Waals surface area contributed by atoms with Crippen molar-refractivity contribution < 1.29 is 9.59 Å². The average Bonchev–Trinajstić information content (AvgIpc) is 3.55. The van der Waals surface area contributed by atoms with Crippen LogP contribution in [-0.4, -0.2) is 23.8 Å². The second kappa shape index (κ2) is 11.5. The number of aryl methyl sites for hydroxylation is 4. The molecule has 188 valence electrons. The van der Waals surface area contributed by atoms with Gasteiger partial charge in [-0.15, -0.1) is 34.0 Å². The third-order valence-corrected chi connectivity index (χ3v) is 10.5. The Bertz CT molecular complexity index is 1120. The van der Waals surface area contributed by atoms with Gasteiger partial charge in [0.1, 0.15) is 0 Å². The zero-order valence-electron chi connectivity index (χ0n) is 21.7. The van der Waals surface area contributed by atoms with Gasteiger partial charge in [0.2, 0.25) is 0 Å². The van der Waals surface area contributed by atoms with E-state index in [1.165, 1.54) is 74.1 Å². The van der Waals surface area contributed by atoms with Crippen LogP contribution >= 0.6 is 34.0 Å². The van der Waals surface area contributed by atoms with E-state index in [0.29, 0.717) is 11.1 Å². The highest BCUT2D eigenvalue weighted by Gasteiger charge is 2.41. The van der Waals surface area contributed by atoms with E-state index in [0.717, 1.165) is 35.4 Å². The minimum atomic E-state index is -0.150. The first-order chi connectivity index (χ1) is 16.9. The standard InChI is InChI=1S/C29H37NO2S3/c1-6-8-10-12-14-20-16-18(3)33-24(20)26-22-23(29(32)30(5)28(22)31)27(35-26)25-21(17-19(4)34-25)15-13-11-9-7-2/h16-17H,6-15H2,1-5H3. The molecule has 0 radical (unpaired) electrons. The van der Waals surface area contributed by atoms with Gasteiger partial charge in [-0.3, -0.25) is 14.5 Å². The third-order valence-electron chi connectivity index (χ3n) is 6.82. The lowest BCUT2D eigenvalue weighted by Gasteiger charge is -2.09. The van der Waals surface area contributed by atoms with Crippen molar-refractivity contribution in [3.8, 4) is 19.5 Å². The summed E-state index contributed by atoms with van der Waals surface area (Å²) in [7, 11) is 1.62. The third kappa shape index (κ3) is 5.35. The molecule has 0 N–H and O–H groups in total. The fraction of sp³-hybridized carbons (Fsp3) is 0.517. The molecular formula is C29H37NO2S3. The highest BCUT2D eigenvalue weighted by molar-refractivity contribution is 7.27. The number of nitrogens with zero attached hydrogens (tertiary/aromatic N) is 1. The van der Waals surface area contributed by atoms with E-state index in [1.807, 2.05) is 0 Å². The fourth-order valence-corrected chi connectivity index (χ4v) is 8.72. The number of imide groups is 1. The van der Waals surface area contributed by atoms with Crippen LogP contribution in [-0.2, 0) is 12.8 Å². The lowest BCUT2D eigenvalue weighted by Crippen LogP contribution is -2.24. The van der Waals surface area contributed by atoms with E-state index in [2.05, 4.69) is 39.8 Å². The van der Waals surface area contributed by atoms with Crippen molar-refractivity contribution in [2.75, 3.05) is 7.05 Å². The van der Waals surface area contributed by atoms with Gasteiger partial charge in [-0.1, -0.05) is 52.4 Å². The second-order valence-electron chi connectivity index (χ2n) is 9.72. The van der Waals surface area contributed by atoms with Crippen molar-refractivity contribution in [3.05, 3.63) is 44.1 Å². The summed E-state index contributed by atoms with van der Waals surface area (Å²) in [6.45, 7) is 8.77. The van der Waals surface area contributed by atoms with Crippen LogP contribution in [0.2, 0.25) is 0 Å². The predicted octanol–water partition coefficient (Wildman–Crippen LogP) is 9.29. The summed E-state index contributed by atoms with van der Waals surface area (Å²) in [5, 5.41) is 0. The number of thiophene rings is 3. The first-order valence-corrected chi connectivity index (χ1v) is 15.5. The van der Waals surface area contributed by atoms with Crippen LogP contribution < -0.4 is 0 Å². The van der Waals surface area contributed by atoms with Crippen LogP contribution in [0.1, 0.15) is 107 Å². The van der Waals surface area contributed by atoms with Crippen LogP contribution in [0.15, 0.2) is 12.1 Å². The van der Waals surface area contributed by atoms with E-state index in [9.17, 15) is 9.59 Å². The van der Waals surface area contributed by atoms with Crippen LogP contribution in [0.5, 0.6) is 0 Å². The van der Waals surface area contributed by atoms with Gasteiger partial charge in [-0.05, 0) is 62.8 Å². The van der Waals surface area contributed by atoms with E-state index >= 15 is 0 Å². The minimum absolute atomic E-state index is 0.150. The second-order valence-corrected chi connectivity index (χ2v) is 13.3. The van der Waals surface area contributed by atoms with E-state index in [1.54, 1.807) is 41.1 Å². The number of rotatable bonds is 12. The molecule has 1 aliphatic rings. The maximum absolute atomic E-state index is 13.3. The molecule has 0 aromatic carbocycles. The molecule has 4 heterocycles. The number of fused-ring (bicyclic) bond motifs is 1. The van der Waals surface area contributed by atoms with Crippen molar-refractivity contribution in [3.63, 3.8) is 0 Å². The zero-order chi connectivity index (χ0) is 25.1. The molecule has 0 bridgehead atoms. The summed E-state index contributed by atoms with van der Waals surface area (Å²) < 4.78 is 0. The summed E-state index contributed by atoms with van der Waals surface area (Å²) in [5.74, 6) is -0.300. The molecule has 1 aliphatic heterocycles. The number of carbonyl (C=O) groups is 2. The molecule has 0 atom stereocenters. The van der Waals surface area contributed by atoms with Gasteiger partial charge in [0.05, 0.1) is 20.9 Å². The fourth-order valence-electron chi connectivity index (χ4n) is 4.96. The van der Waals surface area contributed by atoms with Gasteiger partial charge in [0, 0.05) is 26.6 Å². The molecule has 2 amide bonds. The summed E-state index contributed by atoms with van der Waals surface area (Å²) in [6.07, 6.45) is 11.8. The van der Waals surface area contributed by atoms with Crippen LogP contribution in [0.25, 0.3) is 19.5 Å². The van der Waals surface area contributed by atoms with Crippen molar-refractivity contribution in [1.82, 2.24) is 4.90 Å². The number of carbonyl (C=O) groups excluding carboxylic acids is 2. The Morgan fingerprint density at radius 2 is 1.06 bits per heavy atom. The highest BCUT2D eigenvalue weighted by atomic mass is 32.1. The van der Waals surface area contributed by atoms with E-state index in [4.69, 9.17) is 0 Å². The van der Waals surface area contributed by atoms with Gasteiger partial charge >= 0.3 is 0 Å². The Morgan fingerprint density at radius 1 is 0.629 bits per heavy atom. The molecule has 0 saturated carbocycles.